The number of rotatable bonds is 9. The molecule has 0 spiro atoms. The molecule has 31 heavy (non-hydrogen) atoms. The van der Waals surface area contributed by atoms with Crippen molar-refractivity contribution in [3.63, 3.8) is 0 Å². The van der Waals surface area contributed by atoms with Crippen LogP contribution in [0.2, 0.25) is 5.02 Å². The molecule has 0 unspecified atom stereocenters. The Morgan fingerprint density at radius 2 is 1.77 bits per heavy atom. The molecular weight excluding hydrogens is 436 g/mol. The van der Waals surface area contributed by atoms with E-state index in [1.807, 2.05) is 31.2 Å². The van der Waals surface area contributed by atoms with Crippen LogP contribution in [0.4, 0.5) is 5.13 Å². The summed E-state index contributed by atoms with van der Waals surface area (Å²) >= 11 is 7.19. The molecule has 3 aromatic rings. The highest BCUT2D eigenvalue weighted by molar-refractivity contribution is 7.18. The van der Waals surface area contributed by atoms with Crippen molar-refractivity contribution in [2.45, 2.75) is 19.8 Å². The van der Waals surface area contributed by atoms with E-state index in [-0.39, 0.29) is 18.2 Å². The molecule has 2 amide bonds. The van der Waals surface area contributed by atoms with Gasteiger partial charge in [0.25, 0.3) is 5.91 Å². The van der Waals surface area contributed by atoms with Gasteiger partial charge in [-0.1, -0.05) is 29.9 Å². The van der Waals surface area contributed by atoms with Gasteiger partial charge in [0, 0.05) is 35.7 Å². The molecule has 0 radical (unpaired) electrons. The molecule has 1 N–H and O–H groups in total. The summed E-state index contributed by atoms with van der Waals surface area (Å²) < 4.78 is 5.15. The average Bonchev–Trinajstić information content (AvgIpc) is 3.25. The topological polar surface area (TPSA) is 84.4 Å². The fraction of sp³-hybridized carbons (Fsp3) is 0.273. The summed E-state index contributed by atoms with van der Waals surface area (Å²) in [5.41, 5.74) is 1.44. The second-order valence-electron chi connectivity index (χ2n) is 6.74. The number of ether oxygens (including phenoxy) is 1. The molecule has 7 nitrogen and oxygen atoms in total. The highest BCUT2D eigenvalue weighted by Crippen LogP contribution is 2.27. The molecule has 162 valence electrons. The van der Waals surface area contributed by atoms with Crippen molar-refractivity contribution >= 4 is 39.9 Å². The Balaban J connectivity index is 1.57. The molecule has 1 aromatic heterocycles. The van der Waals surface area contributed by atoms with Crippen LogP contribution in [0.3, 0.4) is 0 Å². The third-order valence-corrected chi connectivity index (χ3v) is 5.63. The Bertz CT molecular complexity index is 1020. The lowest BCUT2D eigenvalue weighted by atomic mass is 10.2. The molecule has 9 heteroatoms. The van der Waals surface area contributed by atoms with Gasteiger partial charge >= 0.3 is 0 Å². The molecule has 0 aliphatic carbocycles. The van der Waals surface area contributed by atoms with Gasteiger partial charge in [-0.2, -0.15) is 0 Å². The first-order valence-electron chi connectivity index (χ1n) is 9.82. The van der Waals surface area contributed by atoms with E-state index >= 15 is 0 Å². The van der Waals surface area contributed by atoms with Gasteiger partial charge < -0.3 is 15.0 Å². The normalized spacial score (nSPS) is 10.5. The van der Waals surface area contributed by atoms with E-state index in [4.69, 9.17) is 16.3 Å². The van der Waals surface area contributed by atoms with Crippen LogP contribution in [-0.2, 0) is 4.79 Å². The van der Waals surface area contributed by atoms with Gasteiger partial charge in [0.2, 0.25) is 11.0 Å². The fourth-order valence-electron chi connectivity index (χ4n) is 2.90. The number of amides is 2. The summed E-state index contributed by atoms with van der Waals surface area (Å²) in [6.45, 7) is 2.87. The summed E-state index contributed by atoms with van der Waals surface area (Å²) in [6.07, 6.45) is 0.958. The number of methoxy groups -OCH3 is 1. The van der Waals surface area contributed by atoms with Gasteiger partial charge in [-0.25, -0.2) is 0 Å². The zero-order valence-corrected chi connectivity index (χ0v) is 18.9. The standard InChI is InChI=1S/C22H23ClN4O3S/c1-3-13-27(21(29)16-4-8-17(23)9-5-16)14-12-19(28)24-22-26-25-20(31-22)15-6-10-18(30-2)11-7-15/h4-11H,3,12-14H2,1-2H3,(H,24,26,28). The van der Waals surface area contributed by atoms with E-state index in [1.165, 1.54) is 11.3 Å². The number of hydrogen-bond donors (Lipinski definition) is 1. The van der Waals surface area contributed by atoms with Crippen molar-refractivity contribution in [3.8, 4) is 16.3 Å². The molecule has 0 fully saturated rings. The largest absolute Gasteiger partial charge is 0.497 e. The first-order valence-corrected chi connectivity index (χ1v) is 11.0. The summed E-state index contributed by atoms with van der Waals surface area (Å²) in [5.74, 6) is 0.415. The zero-order valence-electron chi connectivity index (χ0n) is 17.3. The van der Waals surface area contributed by atoms with Crippen LogP contribution >= 0.6 is 22.9 Å². The van der Waals surface area contributed by atoms with Gasteiger partial charge in [0.15, 0.2) is 0 Å². The Hall–Kier alpha value is -2.97. The van der Waals surface area contributed by atoms with Crippen molar-refractivity contribution in [1.29, 1.82) is 0 Å². The zero-order chi connectivity index (χ0) is 22.2. The minimum absolute atomic E-state index is 0.121. The predicted octanol–water partition coefficient (Wildman–Crippen LogP) is 4.75. The number of carbonyl (C=O) groups excluding carboxylic acids is 2. The van der Waals surface area contributed by atoms with Crippen LogP contribution in [-0.4, -0.2) is 47.1 Å². The van der Waals surface area contributed by atoms with Crippen LogP contribution in [0, 0.1) is 0 Å². The van der Waals surface area contributed by atoms with Gasteiger partial charge in [0.05, 0.1) is 7.11 Å². The van der Waals surface area contributed by atoms with Crippen LogP contribution in [0.1, 0.15) is 30.1 Å². The summed E-state index contributed by atoms with van der Waals surface area (Å²) in [7, 11) is 1.61. The van der Waals surface area contributed by atoms with E-state index in [2.05, 4.69) is 15.5 Å². The van der Waals surface area contributed by atoms with Crippen molar-refractivity contribution in [2.75, 3.05) is 25.5 Å². The Morgan fingerprint density at radius 3 is 2.42 bits per heavy atom. The smallest absolute Gasteiger partial charge is 0.253 e. The summed E-state index contributed by atoms with van der Waals surface area (Å²) in [6, 6.07) is 14.2. The first-order chi connectivity index (χ1) is 15.0. The van der Waals surface area contributed by atoms with Crippen LogP contribution in [0.25, 0.3) is 10.6 Å². The first kappa shape index (κ1) is 22.7. The molecule has 3 rings (SSSR count). The molecule has 0 atom stereocenters. The highest BCUT2D eigenvalue weighted by atomic mass is 35.5. The molecule has 0 aliphatic rings. The third kappa shape index (κ3) is 6.26. The van der Waals surface area contributed by atoms with E-state index < -0.39 is 0 Å². The number of hydrogen-bond acceptors (Lipinski definition) is 6. The SMILES string of the molecule is CCCN(CCC(=O)Nc1nnc(-c2ccc(OC)cc2)s1)C(=O)c1ccc(Cl)cc1. The number of halogens is 1. The number of anilines is 1. The van der Waals surface area contributed by atoms with Gasteiger partial charge in [0.1, 0.15) is 10.8 Å². The second kappa shape index (κ2) is 10.9. The maximum atomic E-state index is 12.7. The molecule has 0 bridgehead atoms. The Kier molecular flexibility index (Phi) is 7.97. The Morgan fingerprint density at radius 1 is 1.06 bits per heavy atom. The number of carbonyl (C=O) groups is 2. The molecule has 1 heterocycles. The van der Waals surface area contributed by atoms with Gasteiger partial charge in [-0.3, -0.25) is 9.59 Å². The Labute approximate surface area is 190 Å². The minimum atomic E-state index is -0.220. The number of aromatic nitrogens is 2. The van der Waals surface area contributed by atoms with Crippen molar-refractivity contribution in [3.05, 3.63) is 59.1 Å². The molecule has 0 saturated heterocycles. The van der Waals surface area contributed by atoms with Crippen LogP contribution < -0.4 is 10.1 Å². The van der Waals surface area contributed by atoms with Crippen molar-refractivity contribution < 1.29 is 14.3 Å². The van der Waals surface area contributed by atoms with Crippen molar-refractivity contribution in [2.24, 2.45) is 0 Å². The van der Waals surface area contributed by atoms with E-state index in [0.717, 1.165) is 17.7 Å². The quantitative estimate of drug-likeness (QED) is 0.500. The lowest BCUT2D eigenvalue weighted by Gasteiger charge is -2.22. The maximum Gasteiger partial charge on any atom is 0.253 e. The average molecular weight is 459 g/mol. The fourth-order valence-corrected chi connectivity index (χ4v) is 3.79. The molecular formula is C22H23ClN4O3S. The van der Waals surface area contributed by atoms with Gasteiger partial charge in [-0.15, -0.1) is 10.2 Å². The maximum absolute atomic E-state index is 12.7. The van der Waals surface area contributed by atoms with Crippen molar-refractivity contribution in [1.82, 2.24) is 15.1 Å². The lowest BCUT2D eigenvalue weighted by molar-refractivity contribution is -0.116. The molecule has 0 saturated carbocycles. The minimum Gasteiger partial charge on any atom is -0.497 e. The van der Waals surface area contributed by atoms with E-state index in [1.54, 1.807) is 36.3 Å². The van der Waals surface area contributed by atoms with Gasteiger partial charge in [-0.05, 0) is 55.0 Å². The summed E-state index contributed by atoms with van der Waals surface area (Å²) in [4.78, 5) is 26.8. The summed E-state index contributed by atoms with van der Waals surface area (Å²) in [5, 5.41) is 12.6. The molecule has 2 aromatic carbocycles. The molecule has 0 aliphatic heterocycles. The van der Waals surface area contributed by atoms with Crippen LogP contribution in [0.15, 0.2) is 48.5 Å². The monoisotopic (exact) mass is 458 g/mol. The third-order valence-electron chi connectivity index (χ3n) is 4.49. The predicted molar refractivity (Wildman–Crippen MR) is 123 cm³/mol. The second-order valence-corrected chi connectivity index (χ2v) is 8.15. The van der Waals surface area contributed by atoms with E-state index in [9.17, 15) is 9.59 Å². The number of benzene rings is 2. The van der Waals surface area contributed by atoms with E-state index in [0.29, 0.717) is 33.8 Å². The number of nitrogens with one attached hydrogen (secondary N) is 1. The highest BCUT2D eigenvalue weighted by Gasteiger charge is 2.17. The lowest BCUT2D eigenvalue weighted by Crippen LogP contribution is -2.34. The number of nitrogens with zero attached hydrogens (tertiary/aromatic N) is 3. The van der Waals surface area contributed by atoms with Crippen LogP contribution in [0.5, 0.6) is 5.75 Å².